The van der Waals surface area contributed by atoms with Gasteiger partial charge in [0.25, 0.3) is 0 Å². The van der Waals surface area contributed by atoms with Crippen LogP contribution in [-0.2, 0) is 0 Å². The summed E-state index contributed by atoms with van der Waals surface area (Å²) in [5.41, 5.74) is 12.9. The Morgan fingerprint density at radius 2 is 0.663 bits per heavy atom. The Hall–Kier alpha value is -11.0. The molecule has 412 valence electrons. The molecule has 0 radical (unpaired) electrons. The number of nitrogens with zero attached hydrogens (tertiary/aromatic N) is 4. The predicted molar refractivity (Wildman–Crippen MR) is 328 cm³/mol. The normalized spacial score (nSPS) is 11.4. The van der Waals surface area contributed by atoms with Crippen molar-refractivity contribution >= 4 is 21.8 Å². The van der Waals surface area contributed by atoms with Crippen LogP contribution < -0.4 is 0 Å². The molecule has 0 bridgehead atoms. The number of rotatable bonds is 11. The molecule has 0 saturated carbocycles. The zero-order valence-electron chi connectivity index (χ0n) is 45.3. The summed E-state index contributed by atoms with van der Waals surface area (Å²) in [6.07, 6.45) is 4.84. The van der Waals surface area contributed by atoms with E-state index in [0.717, 1.165) is 68.4 Å². The zero-order chi connectivity index (χ0) is 58.6. The Kier molecular flexibility index (Phi) is 13.5. The summed E-state index contributed by atoms with van der Waals surface area (Å²) in [6, 6.07) is 68.4. The SMILES string of the molecule is Fc1ccc(-c2ccc(-c3ccc(F)cc3-c3cc(-c4cc(F)ccc4-c4ccc(-c5ccc(F)cc5F)nc4)cc(-c4cc(F)ccc4-c4cnc(-c5ccccc5)cc4-c4ccc5c(c4)c4ccccc4n5-c4ccccc4)c3)cn2)c(F)c1. The number of halogens is 7. The van der Waals surface area contributed by atoms with E-state index in [-0.39, 0.29) is 22.5 Å². The zero-order valence-corrected chi connectivity index (χ0v) is 45.3. The van der Waals surface area contributed by atoms with Gasteiger partial charge in [-0.15, -0.1) is 0 Å². The molecule has 0 fully saturated rings. The molecule has 0 aliphatic heterocycles. The van der Waals surface area contributed by atoms with E-state index in [2.05, 4.69) is 57.0 Å². The lowest BCUT2D eigenvalue weighted by atomic mass is 9.85. The molecule has 0 saturated heterocycles. The Labute approximate surface area is 489 Å². The molecule has 11 heteroatoms. The molecule has 0 aliphatic rings. The third kappa shape index (κ3) is 9.94. The van der Waals surface area contributed by atoms with Gasteiger partial charge >= 0.3 is 0 Å². The second kappa shape index (κ2) is 21.9. The maximum absolute atomic E-state index is 16.4. The first-order chi connectivity index (χ1) is 42.0. The van der Waals surface area contributed by atoms with Gasteiger partial charge in [0.2, 0.25) is 0 Å². The van der Waals surface area contributed by atoms with Gasteiger partial charge in [0, 0.05) is 80.6 Å². The molecule has 0 spiro atoms. The van der Waals surface area contributed by atoms with Crippen LogP contribution in [0.3, 0.4) is 0 Å². The summed E-state index contributed by atoms with van der Waals surface area (Å²) in [5, 5.41) is 2.06. The first kappa shape index (κ1) is 53.0. The third-order valence-corrected chi connectivity index (χ3v) is 15.6. The van der Waals surface area contributed by atoms with Crippen LogP contribution in [0.5, 0.6) is 0 Å². The molecule has 4 aromatic heterocycles. The number of benzene rings is 10. The Balaban J connectivity index is 0.983. The van der Waals surface area contributed by atoms with Crippen LogP contribution in [0.15, 0.2) is 261 Å². The van der Waals surface area contributed by atoms with Crippen molar-refractivity contribution in [2.75, 3.05) is 0 Å². The summed E-state index contributed by atoms with van der Waals surface area (Å²) in [7, 11) is 0. The van der Waals surface area contributed by atoms with E-state index < -0.39 is 40.7 Å². The van der Waals surface area contributed by atoms with Gasteiger partial charge in [-0.1, -0.05) is 103 Å². The van der Waals surface area contributed by atoms with Gasteiger partial charge < -0.3 is 4.57 Å². The highest BCUT2D eigenvalue weighted by Crippen LogP contribution is 2.46. The first-order valence-corrected chi connectivity index (χ1v) is 27.5. The lowest BCUT2D eigenvalue weighted by molar-refractivity contribution is 0.584. The fraction of sp³-hybridized carbons (Fsp3) is 0. The van der Waals surface area contributed by atoms with E-state index in [4.69, 9.17) is 4.98 Å². The van der Waals surface area contributed by atoms with Crippen LogP contribution in [0.25, 0.3) is 139 Å². The Bertz CT molecular complexity index is 4790. The van der Waals surface area contributed by atoms with E-state index in [9.17, 15) is 8.78 Å². The summed E-state index contributed by atoms with van der Waals surface area (Å²) in [6.45, 7) is 0. The molecule has 0 amide bonds. The smallest absolute Gasteiger partial charge is 0.135 e. The highest BCUT2D eigenvalue weighted by molar-refractivity contribution is 6.11. The summed E-state index contributed by atoms with van der Waals surface area (Å²) < 4.78 is 109. The van der Waals surface area contributed by atoms with E-state index >= 15 is 22.0 Å². The summed E-state index contributed by atoms with van der Waals surface area (Å²) in [4.78, 5) is 14.2. The molecule has 0 unspecified atom stereocenters. The largest absolute Gasteiger partial charge is 0.309 e. The van der Waals surface area contributed by atoms with Gasteiger partial charge in [-0.2, -0.15) is 0 Å². The maximum Gasteiger partial charge on any atom is 0.135 e. The van der Waals surface area contributed by atoms with Gasteiger partial charge in [0.15, 0.2) is 0 Å². The second-order valence-electron chi connectivity index (χ2n) is 20.9. The molecule has 4 nitrogen and oxygen atoms in total. The fourth-order valence-electron chi connectivity index (χ4n) is 11.6. The van der Waals surface area contributed by atoms with E-state index in [1.165, 1.54) is 60.9 Å². The lowest BCUT2D eigenvalue weighted by Gasteiger charge is -2.19. The minimum Gasteiger partial charge on any atom is -0.309 e. The van der Waals surface area contributed by atoms with Crippen molar-refractivity contribution in [2.24, 2.45) is 0 Å². The Morgan fingerprint density at radius 1 is 0.233 bits per heavy atom. The fourth-order valence-corrected chi connectivity index (χ4v) is 11.6. The number of pyridine rings is 3. The van der Waals surface area contributed by atoms with Crippen molar-refractivity contribution in [1.82, 2.24) is 19.5 Å². The molecule has 14 rings (SSSR count). The van der Waals surface area contributed by atoms with Crippen LogP contribution in [0, 0.1) is 40.7 Å². The van der Waals surface area contributed by atoms with E-state index in [1.54, 1.807) is 54.7 Å². The molecule has 0 aliphatic carbocycles. The third-order valence-electron chi connectivity index (χ3n) is 15.6. The van der Waals surface area contributed by atoms with Crippen molar-refractivity contribution in [2.45, 2.75) is 0 Å². The van der Waals surface area contributed by atoms with Gasteiger partial charge in [-0.25, -0.2) is 30.7 Å². The molecule has 4 heterocycles. The quantitative estimate of drug-likeness (QED) is 0.121. The monoisotopic (exact) mass is 1130 g/mol. The highest BCUT2D eigenvalue weighted by atomic mass is 19.2. The van der Waals surface area contributed by atoms with Gasteiger partial charge in [-0.3, -0.25) is 15.0 Å². The number of fused-ring (bicyclic) bond motifs is 3. The van der Waals surface area contributed by atoms with E-state index in [1.807, 2.05) is 78.9 Å². The average Bonchev–Trinajstić information content (AvgIpc) is 1.69. The van der Waals surface area contributed by atoms with Gasteiger partial charge in [-0.05, 0) is 189 Å². The molecular formula is C75H43F7N4. The predicted octanol–water partition coefficient (Wildman–Crippen LogP) is 20.6. The number of para-hydroxylation sites is 2. The molecule has 14 aromatic rings. The van der Waals surface area contributed by atoms with Crippen LogP contribution in [0.4, 0.5) is 30.7 Å². The maximum atomic E-state index is 16.4. The Morgan fingerprint density at radius 3 is 1.19 bits per heavy atom. The summed E-state index contributed by atoms with van der Waals surface area (Å²) >= 11 is 0. The minimum absolute atomic E-state index is 0.0862. The number of hydrogen-bond donors (Lipinski definition) is 0. The molecule has 0 atom stereocenters. The molecule has 10 aromatic carbocycles. The van der Waals surface area contributed by atoms with Crippen LogP contribution in [-0.4, -0.2) is 19.5 Å². The van der Waals surface area contributed by atoms with E-state index in [0.29, 0.717) is 72.5 Å². The lowest BCUT2D eigenvalue weighted by Crippen LogP contribution is -1.96. The number of aromatic nitrogens is 4. The average molecular weight is 1130 g/mol. The molecular weight excluding hydrogens is 1090 g/mol. The van der Waals surface area contributed by atoms with Crippen LogP contribution in [0.2, 0.25) is 0 Å². The van der Waals surface area contributed by atoms with Crippen LogP contribution >= 0.6 is 0 Å². The van der Waals surface area contributed by atoms with Gasteiger partial charge in [0.05, 0.1) is 28.1 Å². The van der Waals surface area contributed by atoms with Crippen molar-refractivity contribution in [1.29, 1.82) is 0 Å². The topological polar surface area (TPSA) is 43.6 Å². The van der Waals surface area contributed by atoms with Crippen molar-refractivity contribution < 1.29 is 30.7 Å². The second-order valence-corrected chi connectivity index (χ2v) is 20.9. The highest BCUT2D eigenvalue weighted by Gasteiger charge is 2.23. The van der Waals surface area contributed by atoms with Crippen LogP contribution in [0.1, 0.15) is 0 Å². The van der Waals surface area contributed by atoms with Crippen molar-refractivity contribution in [3.8, 4) is 117 Å². The number of hydrogen-bond acceptors (Lipinski definition) is 3. The minimum atomic E-state index is -0.790. The molecule has 0 N–H and O–H groups in total. The standard InChI is InChI=1S/C75H43F7N4/c76-51-18-23-57(46-15-28-71(83-41-46)61-26-21-54(79)38-69(61)81)63(35-51)48-31-49(64-36-52(77)19-24-58(64)47-16-29-72(84-42-47)62-27-22-55(80)39-70(62)82)33-50(32-48)65-37-53(78)20-25-59(65)68-43-85-73(44-9-3-1-4-10-44)40-66(68)45-17-30-75-67(34-45)60-13-7-8-14-74(60)86(75)56-11-5-2-6-12-56/h1-43H. The first-order valence-electron chi connectivity index (χ1n) is 27.5. The van der Waals surface area contributed by atoms with Gasteiger partial charge in [0.1, 0.15) is 40.7 Å². The molecule has 86 heavy (non-hydrogen) atoms. The summed E-state index contributed by atoms with van der Waals surface area (Å²) in [5.74, 6) is -4.74. The van der Waals surface area contributed by atoms with Crippen molar-refractivity contribution in [3.05, 3.63) is 302 Å². The van der Waals surface area contributed by atoms with Crippen molar-refractivity contribution in [3.63, 3.8) is 0 Å².